The SMILES string of the molecule is CC(N)c1nc(-c2nccn2C)n[nH]1. The van der Waals surface area contributed by atoms with E-state index in [0.29, 0.717) is 11.6 Å². The minimum Gasteiger partial charge on any atom is -0.331 e. The summed E-state index contributed by atoms with van der Waals surface area (Å²) in [4.78, 5) is 8.37. The second-order valence-corrected chi connectivity index (χ2v) is 3.19. The Balaban J connectivity index is 2.39. The Labute approximate surface area is 81.2 Å². The number of aromatic amines is 1. The van der Waals surface area contributed by atoms with E-state index in [9.17, 15) is 0 Å². The molecule has 3 N–H and O–H groups in total. The lowest BCUT2D eigenvalue weighted by Crippen LogP contribution is -2.06. The molecule has 0 saturated heterocycles. The zero-order chi connectivity index (χ0) is 10.1. The van der Waals surface area contributed by atoms with Crippen LogP contribution in [0.25, 0.3) is 11.6 Å². The summed E-state index contributed by atoms with van der Waals surface area (Å²) >= 11 is 0. The Morgan fingerprint density at radius 2 is 2.36 bits per heavy atom. The van der Waals surface area contributed by atoms with E-state index in [4.69, 9.17) is 5.73 Å². The Hall–Kier alpha value is -1.69. The number of H-pyrrole nitrogens is 1. The van der Waals surface area contributed by atoms with Crippen molar-refractivity contribution < 1.29 is 0 Å². The second-order valence-electron chi connectivity index (χ2n) is 3.19. The van der Waals surface area contributed by atoms with Gasteiger partial charge in [-0.1, -0.05) is 0 Å². The first-order valence-corrected chi connectivity index (χ1v) is 4.34. The summed E-state index contributed by atoms with van der Waals surface area (Å²) in [5.74, 6) is 1.97. The number of nitrogens with one attached hydrogen (secondary N) is 1. The fourth-order valence-corrected chi connectivity index (χ4v) is 1.16. The molecule has 0 aromatic carbocycles. The number of aromatic nitrogens is 5. The van der Waals surface area contributed by atoms with Crippen LogP contribution in [-0.2, 0) is 7.05 Å². The van der Waals surface area contributed by atoms with Gasteiger partial charge in [0.05, 0.1) is 6.04 Å². The molecule has 0 aliphatic carbocycles. The van der Waals surface area contributed by atoms with Crippen molar-refractivity contribution in [1.29, 1.82) is 0 Å². The molecule has 0 aliphatic rings. The highest BCUT2D eigenvalue weighted by Gasteiger charge is 2.11. The highest BCUT2D eigenvalue weighted by molar-refractivity contribution is 5.42. The van der Waals surface area contributed by atoms with Gasteiger partial charge < -0.3 is 10.3 Å². The van der Waals surface area contributed by atoms with Crippen LogP contribution in [-0.4, -0.2) is 24.7 Å². The first kappa shape index (κ1) is 8.89. The summed E-state index contributed by atoms with van der Waals surface area (Å²) in [6.45, 7) is 1.85. The average molecular weight is 192 g/mol. The predicted octanol–water partition coefficient (Wildman–Crippen LogP) is 0.225. The van der Waals surface area contributed by atoms with Gasteiger partial charge in [0.2, 0.25) is 5.82 Å². The number of hydrogen-bond donors (Lipinski definition) is 2. The van der Waals surface area contributed by atoms with Crippen LogP contribution in [0.15, 0.2) is 12.4 Å². The molecule has 2 rings (SSSR count). The molecule has 0 fully saturated rings. The Morgan fingerprint density at radius 3 is 2.86 bits per heavy atom. The van der Waals surface area contributed by atoms with Gasteiger partial charge in [-0.3, -0.25) is 5.10 Å². The largest absolute Gasteiger partial charge is 0.331 e. The molecule has 0 bridgehead atoms. The lowest BCUT2D eigenvalue weighted by Gasteiger charge is -1.96. The maximum absolute atomic E-state index is 5.66. The van der Waals surface area contributed by atoms with Crippen LogP contribution in [0, 0.1) is 0 Å². The molecular formula is C8H12N6. The molecule has 1 unspecified atom stereocenters. The average Bonchev–Trinajstić information content (AvgIpc) is 2.71. The normalized spacial score (nSPS) is 13.1. The lowest BCUT2D eigenvalue weighted by molar-refractivity contribution is 0.745. The summed E-state index contributed by atoms with van der Waals surface area (Å²) in [5, 5.41) is 6.82. The van der Waals surface area contributed by atoms with Crippen molar-refractivity contribution in [2.24, 2.45) is 12.8 Å². The van der Waals surface area contributed by atoms with Crippen molar-refractivity contribution in [3.8, 4) is 11.6 Å². The molecule has 0 saturated carbocycles. The first-order chi connectivity index (χ1) is 6.68. The Morgan fingerprint density at radius 1 is 1.57 bits per heavy atom. The fraction of sp³-hybridized carbons (Fsp3) is 0.375. The van der Waals surface area contributed by atoms with Gasteiger partial charge in [0.1, 0.15) is 5.82 Å². The zero-order valence-electron chi connectivity index (χ0n) is 8.10. The molecule has 1 atom stereocenters. The van der Waals surface area contributed by atoms with E-state index in [1.165, 1.54) is 0 Å². The van der Waals surface area contributed by atoms with Gasteiger partial charge in [0, 0.05) is 19.4 Å². The highest BCUT2D eigenvalue weighted by Crippen LogP contribution is 2.12. The molecule has 14 heavy (non-hydrogen) atoms. The number of imidazole rings is 1. The summed E-state index contributed by atoms with van der Waals surface area (Å²) in [6.07, 6.45) is 3.55. The molecule has 0 amide bonds. The van der Waals surface area contributed by atoms with Crippen LogP contribution in [0.4, 0.5) is 0 Å². The van der Waals surface area contributed by atoms with Crippen LogP contribution in [0.3, 0.4) is 0 Å². The standard InChI is InChI=1S/C8H12N6/c1-5(9)6-11-7(13-12-6)8-10-3-4-14(8)2/h3-5H,9H2,1-2H3,(H,11,12,13). The van der Waals surface area contributed by atoms with Gasteiger partial charge in [-0.15, -0.1) is 0 Å². The van der Waals surface area contributed by atoms with Crippen LogP contribution in [0.2, 0.25) is 0 Å². The van der Waals surface area contributed by atoms with Crippen molar-refractivity contribution in [3.05, 3.63) is 18.2 Å². The summed E-state index contributed by atoms with van der Waals surface area (Å²) in [5.41, 5.74) is 5.66. The molecule has 0 radical (unpaired) electrons. The minimum atomic E-state index is -0.142. The van der Waals surface area contributed by atoms with E-state index in [1.807, 2.05) is 24.7 Å². The number of hydrogen-bond acceptors (Lipinski definition) is 4. The van der Waals surface area contributed by atoms with Crippen LogP contribution >= 0.6 is 0 Å². The molecule has 6 nitrogen and oxygen atoms in total. The Kier molecular flexibility index (Phi) is 2.05. The highest BCUT2D eigenvalue weighted by atomic mass is 15.2. The summed E-state index contributed by atoms with van der Waals surface area (Å²) in [7, 11) is 1.89. The van der Waals surface area contributed by atoms with Gasteiger partial charge in [-0.2, -0.15) is 5.10 Å². The van der Waals surface area contributed by atoms with Gasteiger partial charge >= 0.3 is 0 Å². The smallest absolute Gasteiger partial charge is 0.217 e. The second kappa shape index (κ2) is 3.22. The number of rotatable bonds is 2. The van der Waals surface area contributed by atoms with Crippen LogP contribution in [0.5, 0.6) is 0 Å². The van der Waals surface area contributed by atoms with Crippen molar-refractivity contribution in [2.45, 2.75) is 13.0 Å². The predicted molar refractivity (Wildman–Crippen MR) is 51.2 cm³/mol. The molecule has 0 spiro atoms. The third-order valence-corrected chi connectivity index (χ3v) is 1.96. The van der Waals surface area contributed by atoms with E-state index >= 15 is 0 Å². The van der Waals surface area contributed by atoms with E-state index in [2.05, 4.69) is 20.2 Å². The zero-order valence-corrected chi connectivity index (χ0v) is 8.10. The molecule has 74 valence electrons. The van der Waals surface area contributed by atoms with Crippen molar-refractivity contribution in [3.63, 3.8) is 0 Å². The van der Waals surface area contributed by atoms with E-state index in [1.54, 1.807) is 6.20 Å². The summed E-state index contributed by atoms with van der Waals surface area (Å²) in [6, 6.07) is -0.142. The first-order valence-electron chi connectivity index (χ1n) is 4.34. The van der Waals surface area contributed by atoms with Crippen LogP contribution < -0.4 is 5.73 Å². The van der Waals surface area contributed by atoms with Gasteiger partial charge in [-0.25, -0.2) is 9.97 Å². The van der Waals surface area contributed by atoms with E-state index < -0.39 is 0 Å². The lowest BCUT2D eigenvalue weighted by atomic mass is 10.3. The van der Waals surface area contributed by atoms with Gasteiger partial charge in [0.25, 0.3) is 0 Å². The third kappa shape index (κ3) is 1.39. The van der Waals surface area contributed by atoms with E-state index in [-0.39, 0.29) is 6.04 Å². The van der Waals surface area contributed by atoms with Gasteiger partial charge in [-0.05, 0) is 6.92 Å². The maximum atomic E-state index is 5.66. The van der Waals surface area contributed by atoms with Crippen molar-refractivity contribution >= 4 is 0 Å². The number of aryl methyl sites for hydroxylation is 1. The molecule has 2 aromatic heterocycles. The van der Waals surface area contributed by atoms with Crippen molar-refractivity contribution in [2.75, 3.05) is 0 Å². The molecule has 2 aromatic rings. The third-order valence-electron chi connectivity index (χ3n) is 1.96. The minimum absolute atomic E-state index is 0.142. The van der Waals surface area contributed by atoms with Gasteiger partial charge in [0.15, 0.2) is 5.82 Å². The quantitative estimate of drug-likeness (QED) is 0.713. The number of nitrogens with zero attached hydrogens (tertiary/aromatic N) is 4. The monoisotopic (exact) mass is 192 g/mol. The number of nitrogens with two attached hydrogens (primary N) is 1. The maximum Gasteiger partial charge on any atom is 0.217 e. The fourth-order valence-electron chi connectivity index (χ4n) is 1.16. The molecule has 0 aliphatic heterocycles. The van der Waals surface area contributed by atoms with Crippen LogP contribution in [0.1, 0.15) is 18.8 Å². The van der Waals surface area contributed by atoms with Crippen molar-refractivity contribution in [1.82, 2.24) is 24.7 Å². The van der Waals surface area contributed by atoms with E-state index in [0.717, 1.165) is 5.82 Å². The molecule has 6 heteroatoms. The molecule has 2 heterocycles. The summed E-state index contributed by atoms with van der Waals surface area (Å²) < 4.78 is 1.86. The molecular weight excluding hydrogens is 180 g/mol. The Bertz CT molecular complexity index is 426. The topological polar surface area (TPSA) is 85.4 Å².